The van der Waals surface area contributed by atoms with Crippen molar-refractivity contribution in [3.05, 3.63) is 11.9 Å². The molecule has 1 aromatic heterocycles. The van der Waals surface area contributed by atoms with Gasteiger partial charge in [-0.1, -0.05) is 0 Å². The fourth-order valence-electron chi connectivity index (χ4n) is 1.51. The smallest absolute Gasteiger partial charge is 0.145 e. The number of hydrazine groups is 1. The minimum atomic E-state index is 0.102. The quantitative estimate of drug-likeness (QED) is 0.483. The number of hydrogen-bond donors (Lipinski definition) is 3. The molecule has 0 spiro atoms. The van der Waals surface area contributed by atoms with E-state index >= 15 is 0 Å². The topological polar surface area (TPSA) is 87.3 Å². The van der Waals surface area contributed by atoms with Crippen LogP contribution in [0.25, 0.3) is 0 Å². The number of rotatable bonds is 5. The molecule has 0 aromatic carbocycles. The van der Waals surface area contributed by atoms with Crippen LogP contribution in [0.2, 0.25) is 0 Å². The fourth-order valence-corrected chi connectivity index (χ4v) is 1.51. The predicted molar refractivity (Wildman–Crippen MR) is 62.2 cm³/mol. The number of aliphatic hydroxyl groups excluding tert-OH is 1. The number of anilines is 2. The van der Waals surface area contributed by atoms with Gasteiger partial charge < -0.3 is 15.4 Å². The standard InChI is InChI=1S/C10H17N5O/c1-15(4-5-16)9-6-8(14-11)12-10(13-9)7-2-3-7/h6-7,16H,2-5,11H2,1H3,(H,12,13,14). The summed E-state index contributed by atoms with van der Waals surface area (Å²) in [4.78, 5) is 10.7. The minimum absolute atomic E-state index is 0.102. The molecule has 0 unspecified atom stereocenters. The van der Waals surface area contributed by atoms with Crippen LogP contribution in [0.3, 0.4) is 0 Å². The van der Waals surface area contributed by atoms with Gasteiger partial charge in [-0.15, -0.1) is 0 Å². The molecule has 1 heterocycles. The third-order valence-electron chi connectivity index (χ3n) is 2.65. The normalized spacial score (nSPS) is 14.9. The lowest BCUT2D eigenvalue weighted by Gasteiger charge is -2.18. The molecule has 1 aromatic rings. The zero-order chi connectivity index (χ0) is 11.5. The van der Waals surface area contributed by atoms with E-state index in [9.17, 15) is 0 Å². The molecule has 88 valence electrons. The lowest BCUT2D eigenvalue weighted by Crippen LogP contribution is -2.23. The summed E-state index contributed by atoms with van der Waals surface area (Å²) in [7, 11) is 1.88. The van der Waals surface area contributed by atoms with Crippen molar-refractivity contribution in [3.63, 3.8) is 0 Å². The molecule has 1 fully saturated rings. The van der Waals surface area contributed by atoms with Crippen LogP contribution in [0, 0.1) is 0 Å². The van der Waals surface area contributed by atoms with E-state index in [1.807, 2.05) is 11.9 Å². The average molecular weight is 223 g/mol. The van der Waals surface area contributed by atoms with E-state index in [0.29, 0.717) is 18.3 Å². The third kappa shape index (κ3) is 2.40. The number of aromatic nitrogens is 2. The SMILES string of the molecule is CN(CCO)c1cc(NN)nc(C2CC2)n1. The summed E-state index contributed by atoms with van der Waals surface area (Å²) in [5.41, 5.74) is 2.55. The van der Waals surface area contributed by atoms with E-state index in [0.717, 1.165) is 24.5 Å². The van der Waals surface area contributed by atoms with Crippen molar-refractivity contribution in [2.75, 3.05) is 30.5 Å². The summed E-state index contributed by atoms with van der Waals surface area (Å²) in [5, 5.41) is 8.89. The first kappa shape index (κ1) is 11.1. The zero-order valence-electron chi connectivity index (χ0n) is 9.35. The lowest BCUT2D eigenvalue weighted by molar-refractivity contribution is 0.304. The highest BCUT2D eigenvalue weighted by Crippen LogP contribution is 2.38. The first-order valence-electron chi connectivity index (χ1n) is 5.42. The van der Waals surface area contributed by atoms with Gasteiger partial charge in [0.25, 0.3) is 0 Å². The Morgan fingerprint density at radius 1 is 1.56 bits per heavy atom. The van der Waals surface area contributed by atoms with Crippen LogP contribution in [-0.4, -0.2) is 35.3 Å². The maximum Gasteiger partial charge on any atom is 0.145 e. The van der Waals surface area contributed by atoms with E-state index in [2.05, 4.69) is 15.4 Å². The summed E-state index contributed by atoms with van der Waals surface area (Å²) in [5.74, 6) is 8.11. The Morgan fingerprint density at radius 2 is 2.31 bits per heavy atom. The van der Waals surface area contributed by atoms with Gasteiger partial charge in [0.15, 0.2) is 0 Å². The molecule has 1 saturated carbocycles. The monoisotopic (exact) mass is 223 g/mol. The van der Waals surface area contributed by atoms with Gasteiger partial charge in [0, 0.05) is 25.6 Å². The van der Waals surface area contributed by atoms with Gasteiger partial charge in [-0.2, -0.15) is 0 Å². The first-order chi connectivity index (χ1) is 7.74. The highest BCUT2D eigenvalue weighted by molar-refractivity contribution is 5.48. The van der Waals surface area contributed by atoms with E-state index in [1.54, 1.807) is 6.07 Å². The Kier molecular flexibility index (Phi) is 3.21. The van der Waals surface area contributed by atoms with Gasteiger partial charge in [-0.05, 0) is 12.8 Å². The largest absolute Gasteiger partial charge is 0.395 e. The van der Waals surface area contributed by atoms with Crippen molar-refractivity contribution in [3.8, 4) is 0 Å². The Labute approximate surface area is 94.5 Å². The van der Waals surface area contributed by atoms with Crippen molar-refractivity contribution in [2.45, 2.75) is 18.8 Å². The molecule has 0 radical (unpaired) electrons. The molecule has 0 aliphatic heterocycles. The number of nitrogens with zero attached hydrogens (tertiary/aromatic N) is 3. The second-order valence-corrected chi connectivity index (χ2v) is 4.03. The maximum absolute atomic E-state index is 8.89. The number of hydrogen-bond acceptors (Lipinski definition) is 6. The fraction of sp³-hybridized carbons (Fsp3) is 0.600. The first-order valence-corrected chi connectivity index (χ1v) is 5.42. The lowest BCUT2D eigenvalue weighted by atomic mass is 10.3. The van der Waals surface area contributed by atoms with Gasteiger partial charge in [0.2, 0.25) is 0 Å². The van der Waals surface area contributed by atoms with Gasteiger partial charge in [-0.25, -0.2) is 15.8 Å². The molecule has 6 heteroatoms. The Bertz CT molecular complexity index is 366. The molecule has 6 nitrogen and oxygen atoms in total. The summed E-state index contributed by atoms with van der Waals surface area (Å²) in [6, 6.07) is 1.78. The van der Waals surface area contributed by atoms with Crippen molar-refractivity contribution in [2.24, 2.45) is 5.84 Å². The van der Waals surface area contributed by atoms with Gasteiger partial charge >= 0.3 is 0 Å². The molecule has 0 amide bonds. The summed E-state index contributed by atoms with van der Waals surface area (Å²) >= 11 is 0. The molecule has 16 heavy (non-hydrogen) atoms. The Hall–Kier alpha value is -1.40. The van der Waals surface area contributed by atoms with Crippen molar-refractivity contribution < 1.29 is 5.11 Å². The van der Waals surface area contributed by atoms with Gasteiger partial charge in [0.1, 0.15) is 17.5 Å². The molecule has 0 atom stereocenters. The van der Waals surface area contributed by atoms with Crippen molar-refractivity contribution in [1.82, 2.24) is 9.97 Å². The van der Waals surface area contributed by atoms with E-state index < -0.39 is 0 Å². The second kappa shape index (κ2) is 4.63. The van der Waals surface area contributed by atoms with Crippen LogP contribution in [-0.2, 0) is 0 Å². The molecular weight excluding hydrogens is 206 g/mol. The van der Waals surface area contributed by atoms with Crippen LogP contribution in [0.4, 0.5) is 11.6 Å². The van der Waals surface area contributed by atoms with Crippen molar-refractivity contribution in [1.29, 1.82) is 0 Å². The number of nitrogens with one attached hydrogen (secondary N) is 1. The molecule has 2 rings (SSSR count). The Morgan fingerprint density at radius 3 is 2.88 bits per heavy atom. The summed E-state index contributed by atoms with van der Waals surface area (Å²) in [6.07, 6.45) is 2.30. The molecule has 1 aliphatic rings. The van der Waals surface area contributed by atoms with E-state index in [4.69, 9.17) is 10.9 Å². The van der Waals surface area contributed by atoms with Crippen LogP contribution < -0.4 is 16.2 Å². The molecular formula is C10H17N5O. The number of nitrogens with two attached hydrogens (primary N) is 1. The van der Waals surface area contributed by atoms with E-state index in [-0.39, 0.29) is 6.61 Å². The summed E-state index contributed by atoms with van der Waals surface area (Å²) in [6.45, 7) is 0.649. The molecule has 0 saturated heterocycles. The predicted octanol–water partition coefficient (Wildman–Crippen LogP) is 0.0681. The van der Waals surface area contributed by atoms with Crippen LogP contribution >= 0.6 is 0 Å². The number of likely N-dealkylation sites (N-methyl/N-ethyl adjacent to an activating group) is 1. The minimum Gasteiger partial charge on any atom is -0.395 e. The van der Waals surface area contributed by atoms with Crippen LogP contribution in [0.15, 0.2) is 6.07 Å². The molecule has 0 bridgehead atoms. The molecule has 1 aliphatic carbocycles. The molecule has 4 N–H and O–H groups in total. The third-order valence-corrected chi connectivity index (χ3v) is 2.65. The van der Waals surface area contributed by atoms with E-state index in [1.165, 1.54) is 0 Å². The van der Waals surface area contributed by atoms with Crippen molar-refractivity contribution >= 4 is 11.6 Å². The second-order valence-electron chi connectivity index (χ2n) is 4.03. The van der Waals surface area contributed by atoms with Crippen LogP contribution in [0.5, 0.6) is 0 Å². The van der Waals surface area contributed by atoms with Gasteiger partial charge in [0.05, 0.1) is 6.61 Å². The van der Waals surface area contributed by atoms with Gasteiger partial charge in [-0.3, -0.25) is 0 Å². The number of nitrogen functional groups attached to an aromatic ring is 1. The maximum atomic E-state index is 8.89. The Balaban J connectivity index is 2.25. The number of aliphatic hydroxyl groups is 1. The highest BCUT2D eigenvalue weighted by Gasteiger charge is 2.27. The average Bonchev–Trinajstić information content (AvgIpc) is 3.12. The van der Waals surface area contributed by atoms with Crippen LogP contribution in [0.1, 0.15) is 24.6 Å². The summed E-state index contributed by atoms with van der Waals surface area (Å²) < 4.78 is 0. The highest BCUT2D eigenvalue weighted by atomic mass is 16.3. The zero-order valence-corrected chi connectivity index (χ0v) is 9.35.